The van der Waals surface area contributed by atoms with Crippen molar-refractivity contribution in [3.05, 3.63) is 63.7 Å². The van der Waals surface area contributed by atoms with Gasteiger partial charge in [0, 0.05) is 26.0 Å². The Bertz CT molecular complexity index is 736. The second-order valence-corrected chi connectivity index (χ2v) is 6.26. The summed E-state index contributed by atoms with van der Waals surface area (Å²) >= 11 is 7.02. The predicted octanol–water partition coefficient (Wildman–Crippen LogP) is 5.25. The van der Waals surface area contributed by atoms with Crippen LogP contribution in [0.5, 0.6) is 5.75 Å². The number of fused-ring (bicyclic) bond motifs is 1. The van der Waals surface area contributed by atoms with Gasteiger partial charge in [-0.05, 0) is 36.4 Å². The zero-order chi connectivity index (χ0) is 13.9. The Hall–Kier alpha value is -1.26. The summed E-state index contributed by atoms with van der Waals surface area (Å²) in [6.45, 7) is 1.47. The molecule has 3 aromatic rings. The minimum atomic E-state index is 0.646. The van der Waals surface area contributed by atoms with Crippen molar-refractivity contribution in [2.24, 2.45) is 0 Å². The first-order chi connectivity index (χ1) is 9.74. The molecule has 0 bridgehead atoms. The molecular weight excluding hydrogens is 382 g/mol. The van der Waals surface area contributed by atoms with Gasteiger partial charge < -0.3 is 9.30 Å². The third kappa shape index (κ3) is 2.91. The molecule has 4 heteroatoms. The topological polar surface area (TPSA) is 14.2 Å². The Morgan fingerprint density at radius 3 is 2.70 bits per heavy atom. The molecule has 0 saturated heterocycles. The maximum Gasteiger partial charge on any atom is 0.120 e. The monoisotopic (exact) mass is 393 g/mol. The van der Waals surface area contributed by atoms with Gasteiger partial charge in [0.15, 0.2) is 0 Å². The largest absolute Gasteiger partial charge is 0.492 e. The standard InChI is InChI=1S/C16H13Br2NO/c17-12-3-1-4-13(11-12)20-10-9-19-8-7-14-15(18)5-2-6-16(14)19/h1-8,11H,9-10H2. The average Bonchev–Trinajstić information content (AvgIpc) is 2.84. The first-order valence-corrected chi connectivity index (χ1v) is 7.94. The highest BCUT2D eigenvalue weighted by atomic mass is 79.9. The van der Waals surface area contributed by atoms with Crippen LogP contribution in [0.25, 0.3) is 10.9 Å². The van der Waals surface area contributed by atoms with Crippen LogP contribution < -0.4 is 4.74 Å². The molecule has 0 N–H and O–H groups in total. The fourth-order valence-corrected chi connectivity index (χ4v) is 3.07. The number of benzene rings is 2. The summed E-state index contributed by atoms with van der Waals surface area (Å²) in [5.41, 5.74) is 1.22. The van der Waals surface area contributed by atoms with E-state index in [-0.39, 0.29) is 0 Å². The summed E-state index contributed by atoms with van der Waals surface area (Å²) in [5, 5.41) is 1.23. The lowest BCUT2D eigenvalue weighted by atomic mass is 10.2. The summed E-state index contributed by atoms with van der Waals surface area (Å²) in [5.74, 6) is 0.886. The van der Waals surface area contributed by atoms with Gasteiger partial charge in [0.25, 0.3) is 0 Å². The second-order valence-electron chi connectivity index (χ2n) is 4.49. The number of halogens is 2. The van der Waals surface area contributed by atoms with Crippen LogP contribution in [-0.4, -0.2) is 11.2 Å². The maximum absolute atomic E-state index is 5.78. The van der Waals surface area contributed by atoms with E-state index in [0.29, 0.717) is 6.61 Å². The molecule has 2 aromatic carbocycles. The first kappa shape index (κ1) is 13.7. The Morgan fingerprint density at radius 2 is 1.85 bits per heavy atom. The molecule has 0 aliphatic heterocycles. The predicted molar refractivity (Wildman–Crippen MR) is 89.3 cm³/mol. The summed E-state index contributed by atoms with van der Waals surface area (Å²) in [4.78, 5) is 0. The van der Waals surface area contributed by atoms with Crippen molar-refractivity contribution in [3.63, 3.8) is 0 Å². The number of hydrogen-bond donors (Lipinski definition) is 0. The van der Waals surface area contributed by atoms with Crippen molar-refractivity contribution < 1.29 is 4.74 Å². The molecular formula is C16H13Br2NO. The van der Waals surface area contributed by atoms with Gasteiger partial charge in [0.05, 0.1) is 6.54 Å². The fourth-order valence-electron chi connectivity index (χ4n) is 2.20. The molecule has 0 radical (unpaired) electrons. The van der Waals surface area contributed by atoms with E-state index in [4.69, 9.17) is 4.74 Å². The molecule has 0 fully saturated rings. The van der Waals surface area contributed by atoms with Crippen LogP contribution in [0.2, 0.25) is 0 Å². The van der Waals surface area contributed by atoms with Crippen molar-refractivity contribution in [1.82, 2.24) is 4.57 Å². The maximum atomic E-state index is 5.78. The number of rotatable bonds is 4. The molecule has 0 spiro atoms. The molecule has 0 amide bonds. The summed E-state index contributed by atoms with van der Waals surface area (Å²) in [6.07, 6.45) is 2.10. The minimum absolute atomic E-state index is 0.646. The minimum Gasteiger partial charge on any atom is -0.492 e. The lowest BCUT2D eigenvalue weighted by Gasteiger charge is -2.08. The SMILES string of the molecule is Brc1cccc(OCCn2ccc3c(Br)cccc32)c1. The van der Waals surface area contributed by atoms with E-state index in [2.05, 4.69) is 66.9 Å². The van der Waals surface area contributed by atoms with E-state index in [1.54, 1.807) is 0 Å². The van der Waals surface area contributed by atoms with E-state index in [0.717, 1.165) is 21.2 Å². The molecule has 1 aromatic heterocycles. The third-order valence-corrected chi connectivity index (χ3v) is 4.34. The van der Waals surface area contributed by atoms with Crippen LogP contribution in [0.4, 0.5) is 0 Å². The van der Waals surface area contributed by atoms with Crippen LogP contribution in [-0.2, 0) is 6.54 Å². The molecule has 1 heterocycles. The lowest BCUT2D eigenvalue weighted by Crippen LogP contribution is -2.07. The molecule has 102 valence electrons. The number of nitrogens with zero attached hydrogens (tertiary/aromatic N) is 1. The van der Waals surface area contributed by atoms with E-state index < -0.39 is 0 Å². The summed E-state index contributed by atoms with van der Waals surface area (Å²) < 4.78 is 10.1. The molecule has 0 aliphatic rings. The van der Waals surface area contributed by atoms with Gasteiger partial charge in [-0.3, -0.25) is 0 Å². The smallest absolute Gasteiger partial charge is 0.120 e. The molecule has 2 nitrogen and oxygen atoms in total. The molecule has 20 heavy (non-hydrogen) atoms. The van der Waals surface area contributed by atoms with Crippen LogP contribution in [0.3, 0.4) is 0 Å². The van der Waals surface area contributed by atoms with Gasteiger partial charge in [-0.2, -0.15) is 0 Å². The second kappa shape index (κ2) is 6.02. The summed E-state index contributed by atoms with van der Waals surface area (Å²) in [7, 11) is 0. The van der Waals surface area contributed by atoms with Crippen molar-refractivity contribution in [2.75, 3.05) is 6.61 Å². The normalized spacial score (nSPS) is 10.9. The van der Waals surface area contributed by atoms with E-state index in [9.17, 15) is 0 Å². The Balaban J connectivity index is 1.70. The average molecular weight is 395 g/mol. The quantitative estimate of drug-likeness (QED) is 0.589. The van der Waals surface area contributed by atoms with Gasteiger partial charge in [-0.15, -0.1) is 0 Å². The first-order valence-electron chi connectivity index (χ1n) is 6.36. The number of aromatic nitrogens is 1. The summed E-state index contributed by atoms with van der Waals surface area (Å²) in [6, 6.07) is 16.3. The van der Waals surface area contributed by atoms with Crippen LogP contribution in [0.15, 0.2) is 63.7 Å². The van der Waals surface area contributed by atoms with E-state index >= 15 is 0 Å². The van der Waals surface area contributed by atoms with Crippen molar-refractivity contribution in [1.29, 1.82) is 0 Å². The number of ether oxygens (including phenoxy) is 1. The van der Waals surface area contributed by atoms with E-state index in [1.165, 1.54) is 10.9 Å². The van der Waals surface area contributed by atoms with Gasteiger partial charge in [-0.1, -0.05) is 44.0 Å². The molecule has 0 unspecified atom stereocenters. The highest BCUT2D eigenvalue weighted by Gasteiger charge is 2.03. The molecule has 0 atom stereocenters. The highest BCUT2D eigenvalue weighted by molar-refractivity contribution is 9.11. The Labute approximate surface area is 134 Å². The van der Waals surface area contributed by atoms with E-state index in [1.807, 2.05) is 24.3 Å². The highest BCUT2D eigenvalue weighted by Crippen LogP contribution is 2.24. The fraction of sp³-hybridized carbons (Fsp3) is 0.125. The zero-order valence-electron chi connectivity index (χ0n) is 10.7. The van der Waals surface area contributed by atoms with Crippen LogP contribution >= 0.6 is 31.9 Å². The molecule has 0 aliphatic carbocycles. The van der Waals surface area contributed by atoms with Gasteiger partial charge in [0.2, 0.25) is 0 Å². The van der Waals surface area contributed by atoms with Crippen LogP contribution in [0.1, 0.15) is 0 Å². The van der Waals surface area contributed by atoms with Crippen molar-refractivity contribution >= 4 is 42.8 Å². The van der Waals surface area contributed by atoms with Gasteiger partial charge in [0.1, 0.15) is 12.4 Å². The molecule has 3 rings (SSSR count). The van der Waals surface area contributed by atoms with Crippen molar-refractivity contribution in [3.8, 4) is 5.75 Å². The Morgan fingerprint density at radius 1 is 1.00 bits per heavy atom. The third-order valence-electron chi connectivity index (χ3n) is 3.16. The van der Waals surface area contributed by atoms with Crippen molar-refractivity contribution in [2.45, 2.75) is 6.54 Å². The van der Waals surface area contributed by atoms with Crippen LogP contribution in [0, 0.1) is 0 Å². The zero-order valence-corrected chi connectivity index (χ0v) is 13.9. The van der Waals surface area contributed by atoms with Gasteiger partial charge in [-0.25, -0.2) is 0 Å². The Kier molecular flexibility index (Phi) is 4.13. The van der Waals surface area contributed by atoms with Gasteiger partial charge >= 0.3 is 0 Å². The molecule has 0 saturated carbocycles. The number of hydrogen-bond acceptors (Lipinski definition) is 1. The lowest BCUT2D eigenvalue weighted by molar-refractivity contribution is 0.300.